The maximum absolute atomic E-state index is 12.9. The lowest BCUT2D eigenvalue weighted by molar-refractivity contribution is 0.280. The normalized spacial score (nSPS) is 15.7. The van der Waals surface area contributed by atoms with Crippen molar-refractivity contribution in [2.24, 2.45) is 5.92 Å². The van der Waals surface area contributed by atoms with E-state index in [1.807, 2.05) is 13.8 Å². The van der Waals surface area contributed by atoms with E-state index in [0.29, 0.717) is 12.1 Å². The minimum atomic E-state index is -3.57. The number of ether oxygens (including phenoxy) is 1. The second-order valence-electron chi connectivity index (χ2n) is 5.84. The van der Waals surface area contributed by atoms with Crippen molar-refractivity contribution in [3.05, 3.63) is 23.8 Å². The molecule has 1 fully saturated rings. The van der Waals surface area contributed by atoms with Gasteiger partial charge in [0.15, 0.2) is 0 Å². The number of hydrogen-bond acceptors (Lipinski definition) is 4. The van der Waals surface area contributed by atoms with Crippen molar-refractivity contribution in [2.75, 3.05) is 13.7 Å². The lowest BCUT2D eigenvalue weighted by Crippen LogP contribution is -2.36. The Morgan fingerprint density at radius 1 is 1.38 bits per heavy atom. The van der Waals surface area contributed by atoms with Gasteiger partial charge in [0.2, 0.25) is 10.0 Å². The van der Waals surface area contributed by atoms with Crippen LogP contribution in [-0.2, 0) is 16.6 Å². The molecule has 6 heteroatoms. The number of sulfonamides is 1. The standard InChI is InChI=1S/C15H23NO4S/c1-11(2)9-16(13-5-6-13)21(18,19)15-7-4-12(10-17)8-14(15)20-3/h4,7-8,11,13,17H,5-6,9-10H2,1-3H3. The Bertz CT molecular complexity index is 594. The molecule has 21 heavy (non-hydrogen) atoms. The van der Waals surface area contributed by atoms with Crippen LogP contribution in [0.5, 0.6) is 5.75 Å². The second kappa shape index (κ2) is 6.34. The molecule has 2 rings (SSSR count). The largest absolute Gasteiger partial charge is 0.495 e. The summed E-state index contributed by atoms with van der Waals surface area (Å²) >= 11 is 0. The fraction of sp³-hybridized carbons (Fsp3) is 0.600. The van der Waals surface area contributed by atoms with Gasteiger partial charge in [0.05, 0.1) is 13.7 Å². The Balaban J connectivity index is 2.41. The maximum Gasteiger partial charge on any atom is 0.247 e. The molecule has 5 nitrogen and oxygen atoms in total. The zero-order chi connectivity index (χ0) is 15.6. The Kier molecular flexibility index (Phi) is 4.91. The SMILES string of the molecule is COc1cc(CO)ccc1S(=O)(=O)N(CC(C)C)C1CC1. The van der Waals surface area contributed by atoms with E-state index in [-0.39, 0.29) is 29.2 Å². The van der Waals surface area contributed by atoms with Crippen molar-refractivity contribution in [3.8, 4) is 5.75 Å². The van der Waals surface area contributed by atoms with E-state index in [9.17, 15) is 8.42 Å². The molecule has 1 aromatic rings. The molecular formula is C15H23NO4S. The summed E-state index contributed by atoms with van der Waals surface area (Å²) in [6.07, 6.45) is 1.84. The van der Waals surface area contributed by atoms with Crippen LogP contribution in [0.3, 0.4) is 0 Å². The average Bonchev–Trinajstić information content (AvgIpc) is 3.28. The summed E-state index contributed by atoms with van der Waals surface area (Å²) in [6, 6.07) is 4.83. The molecule has 0 spiro atoms. The van der Waals surface area contributed by atoms with Crippen LogP contribution in [0.15, 0.2) is 23.1 Å². The number of aliphatic hydroxyl groups excluding tert-OH is 1. The van der Waals surface area contributed by atoms with Gasteiger partial charge in [-0.1, -0.05) is 19.9 Å². The number of methoxy groups -OCH3 is 1. The highest BCUT2D eigenvalue weighted by Crippen LogP contribution is 2.36. The number of rotatable bonds is 7. The lowest BCUT2D eigenvalue weighted by atomic mass is 10.2. The van der Waals surface area contributed by atoms with Crippen LogP contribution in [-0.4, -0.2) is 37.5 Å². The van der Waals surface area contributed by atoms with Gasteiger partial charge in [-0.05, 0) is 36.5 Å². The van der Waals surface area contributed by atoms with Gasteiger partial charge in [0.1, 0.15) is 10.6 Å². The number of hydrogen-bond donors (Lipinski definition) is 1. The molecular weight excluding hydrogens is 290 g/mol. The molecule has 0 saturated heterocycles. The summed E-state index contributed by atoms with van der Waals surface area (Å²) in [5.41, 5.74) is 0.632. The summed E-state index contributed by atoms with van der Waals surface area (Å²) in [5, 5.41) is 9.16. The molecule has 0 aliphatic heterocycles. The van der Waals surface area contributed by atoms with Crippen molar-refractivity contribution in [3.63, 3.8) is 0 Å². The molecule has 1 N–H and O–H groups in total. The van der Waals surface area contributed by atoms with Crippen LogP contribution >= 0.6 is 0 Å². The first kappa shape index (κ1) is 16.3. The Hall–Kier alpha value is -1.11. The molecule has 0 amide bonds. The van der Waals surface area contributed by atoms with Gasteiger partial charge in [-0.15, -0.1) is 0 Å². The van der Waals surface area contributed by atoms with Crippen LogP contribution in [0, 0.1) is 5.92 Å². The fourth-order valence-corrected chi connectivity index (χ4v) is 4.30. The summed E-state index contributed by atoms with van der Waals surface area (Å²) in [6.45, 7) is 4.39. The van der Waals surface area contributed by atoms with Crippen molar-refractivity contribution >= 4 is 10.0 Å². The predicted octanol–water partition coefficient (Wildman–Crippen LogP) is 2.00. The zero-order valence-corrected chi connectivity index (χ0v) is 13.6. The maximum atomic E-state index is 12.9. The Morgan fingerprint density at radius 2 is 2.05 bits per heavy atom. The van der Waals surface area contributed by atoms with E-state index in [4.69, 9.17) is 9.84 Å². The molecule has 0 radical (unpaired) electrons. The third kappa shape index (κ3) is 3.56. The third-order valence-electron chi connectivity index (χ3n) is 3.50. The molecule has 0 bridgehead atoms. The molecule has 118 valence electrons. The number of nitrogens with zero attached hydrogens (tertiary/aromatic N) is 1. The van der Waals surface area contributed by atoms with Gasteiger partial charge in [-0.25, -0.2) is 8.42 Å². The van der Waals surface area contributed by atoms with Gasteiger partial charge in [-0.2, -0.15) is 4.31 Å². The Morgan fingerprint density at radius 3 is 2.52 bits per heavy atom. The molecule has 1 aromatic carbocycles. The topological polar surface area (TPSA) is 66.8 Å². The molecule has 0 atom stereocenters. The Labute approximate surface area is 126 Å². The predicted molar refractivity (Wildman–Crippen MR) is 80.7 cm³/mol. The molecule has 0 unspecified atom stereocenters. The average molecular weight is 313 g/mol. The summed E-state index contributed by atoms with van der Waals surface area (Å²) in [5.74, 6) is 0.555. The van der Waals surface area contributed by atoms with Crippen LogP contribution in [0.25, 0.3) is 0 Å². The highest BCUT2D eigenvalue weighted by molar-refractivity contribution is 7.89. The smallest absolute Gasteiger partial charge is 0.247 e. The van der Waals surface area contributed by atoms with Crippen LogP contribution in [0.4, 0.5) is 0 Å². The monoisotopic (exact) mass is 313 g/mol. The summed E-state index contributed by atoms with van der Waals surface area (Å²) < 4.78 is 32.6. The fourth-order valence-electron chi connectivity index (χ4n) is 2.32. The van der Waals surface area contributed by atoms with Crippen molar-refractivity contribution in [1.82, 2.24) is 4.31 Å². The van der Waals surface area contributed by atoms with E-state index in [1.165, 1.54) is 13.2 Å². The van der Waals surface area contributed by atoms with E-state index in [1.54, 1.807) is 16.4 Å². The molecule has 1 saturated carbocycles. The molecule has 0 heterocycles. The van der Waals surface area contributed by atoms with Gasteiger partial charge in [0.25, 0.3) is 0 Å². The van der Waals surface area contributed by atoms with Crippen LogP contribution in [0.1, 0.15) is 32.3 Å². The van der Waals surface area contributed by atoms with E-state index in [0.717, 1.165) is 12.8 Å². The highest BCUT2D eigenvalue weighted by Gasteiger charge is 2.39. The minimum absolute atomic E-state index is 0.111. The van der Waals surface area contributed by atoms with E-state index >= 15 is 0 Å². The summed E-state index contributed by atoms with van der Waals surface area (Å²) in [4.78, 5) is 0.176. The highest BCUT2D eigenvalue weighted by atomic mass is 32.2. The summed E-state index contributed by atoms with van der Waals surface area (Å²) in [7, 11) is -2.13. The first-order valence-electron chi connectivity index (χ1n) is 7.19. The number of aliphatic hydroxyl groups is 1. The quantitative estimate of drug-likeness (QED) is 0.836. The van der Waals surface area contributed by atoms with Gasteiger partial charge in [0, 0.05) is 12.6 Å². The van der Waals surface area contributed by atoms with Gasteiger partial charge >= 0.3 is 0 Å². The number of benzene rings is 1. The van der Waals surface area contributed by atoms with Crippen LogP contribution in [0.2, 0.25) is 0 Å². The third-order valence-corrected chi connectivity index (χ3v) is 5.45. The van der Waals surface area contributed by atoms with Crippen molar-refractivity contribution in [1.29, 1.82) is 0 Å². The molecule has 0 aromatic heterocycles. The van der Waals surface area contributed by atoms with E-state index in [2.05, 4.69) is 0 Å². The van der Waals surface area contributed by atoms with E-state index < -0.39 is 10.0 Å². The van der Waals surface area contributed by atoms with Crippen molar-refractivity contribution in [2.45, 2.75) is 44.2 Å². The second-order valence-corrected chi connectivity index (χ2v) is 7.70. The van der Waals surface area contributed by atoms with Crippen LogP contribution < -0.4 is 4.74 Å². The van der Waals surface area contributed by atoms with Gasteiger partial charge in [-0.3, -0.25) is 0 Å². The lowest BCUT2D eigenvalue weighted by Gasteiger charge is -2.24. The molecule has 1 aliphatic carbocycles. The van der Waals surface area contributed by atoms with Gasteiger partial charge < -0.3 is 9.84 Å². The minimum Gasteiger partial charge on any atom is -0.495 e. The molecule has 1 aliphatic rings. The van der Waals surface area contributed by atoms with Crippen molar-refractivity contribution < 1.29 is 18.3 Å². The zero-order valence-electron chi connectivity index (χ0n) is 12.7. The first-order valence-corrected chi connectivity index (χ1v) is 8.63. The first-order chi connectivity index (χ1) is 9.90.